The largest absolute Gasteiger partial charge is 0.324 e. The Kier molecular flexibility index (Phi) is 6.50. The van der Waals surface area contributed by atoms with E-state index in [-0.39, 0.29) is 17.7 Å². The van der Waals surface area contributed by atoms with Gasteiger partial charge >= 0.3 is 0 Å². The molecular weight excluding hydrogens is 410 g/mol. The van der Waals surface area contributed by atoms with Gasteiger partial charge in [0.1, 0.15) is 11.2 Å². The molecule has 1 fully saturated rings. The molecule has 2 aromatic carbocycles. The summed E-state index contributed by atoms with van der Waals surface area (Å²) in [5.74, 6) is -0.0416. The van der Waals surface area contributed by atoms with E-state index in [9.17, 15) is 9.59 Å². The fraction of sp³-hybridized carbons (Fsp3) is 0.393. The van der Waals surface area contributed by atoms with Gasteiger partial charge in [-0.1, -0.05) is 69.2 Å². The number of anilines is 1. The molecule has 3 aromatic rings. The molecule has 172 valence electrons. The highest BCUT2D eigenvalue weighted by Gasteiger charge is 2.49. The van der Waals surface area contributed by atoms with Crippen LogP contribution in [0.2, 0.25) is 0 Å². The van der Waals surface area contributed by atoms with Crippen LogP contribution in [0.4, 0.5) is 5.69 Å². The van der Waals surface area contributed by atoms with E-state index < -0.39 is 5.54 Å². The van der Waals surface area contributed by atoms with Gasteiger partial charge in [0.05, 0.1) is 5.52 Å². The van der Waals surface area contributed by atoms with E-state index in [0.717, 1.165) is 40.6 Å². The van der Waals surface area contributed by atoms with Gasteiger partial charge in [0.25, 0.3) is 5.91 Å². The molecule has 1 aromatic heterocycles. The maximum absolute atomic E-state index is 13.9. The number of pyridine rings is 1. The summed E-state index contributed by atoms with van der Waals surface area (Å²) in [6.45, 7) is 8.67. The molecule has 1 N–H and O–H groups in total. The molecule has 1 aliphatic rings. The summed E-state index contributed by atoms with van der Waals surface area (Å²) >= 11 is 0. The van der Waals surface area contributed by atoms with E-state index in [2.05, 4.69) is 24.1 Å². The summed E-state index contributed by atoms with van der Waals surface area (Å²) in [5.41, 5.74) is 3.19. The van der Waals surface area contributed by atoms with Crippen molar-refractivity contribution in [2.45, 2.75) is 58.9 Å². The molecular formula is C28H33N3O2. The van der Waals surface area contributed by atoms with E-state index >= 15 is 0 Å². The minimum Gasteiger partial charge on any atom is -0.324 e. The molecule has 2 amide bonds. The lowest BCUT2D eigenvalue weighted by molar-refractivity contribution is -0.126. The summed E-state index contributed by atoms with van der Waals surface area (Å²) in [6.07, 6.45) is 3.17. The molecule has 0 atom stereocenters. The van der Waals surface area contributed by atoms with Crippen molar-refractivity contribution in [3.8, 4) is 0 Å². The molecule has 1 saturated carbocycles. The number of hydrogen-bond donors (Lipinski definition) is 1. The van der Waals surface area contributed by atoms with Crippen molar-refractivity contribution in [3.05, 3.63) is 71.4 Å². The predicted octanol–water partition coefficient (Wildman–Crippen LogP) is 5.90. The second-order valence-corrected chi connectivity index (χ2v) is 9.66. The zero-order valence-corrected chi connectivity index (χ0v) is 20.0. The van der Waals surface area contributed by atoms with Crippen molar-refractivity contribution in [2.75, 3.05) is 11.9 Å². The number of fused-ring (bicyclic) bond motifs is 1. The van der Waals surface area contributed by atoms with E-state index in [1.807, 2.05) is 67.3 Å². The maximum atomic E-state index is 13.9. The number of carbonyl (C=O) groups excluding carboxylic acids is 2. The van der Waals surface area contributed by atoms with Crippen LogP contribution in [0.25, 0.3) is 10.9 Å². The van der Waals surface area contributed by atoms with Gasteiger partial charge in [0.2, 0.25) is 5.91 Å². The molecule has 1 aliphatic carbocycles. The van der Waals surface area contributed by atoms with Crippen molar-refractivity contribution in [1.29, 1.82) is 0 Å². The Morgan fingerprint density at radius 2 is 1.64 bits per heavy atom. The van der Waals surface area contributed by atoms with Crippen molar-refractivity contribution < 1.29 is 9.59 Å². The maximum Gasteiger partial charge on any atom is 0.273 e. The molecule has 0 saturated heterocycles. The van der Waals surface area contributed by atoms with Gasteiger partial charge in [-0.15, -0.1) is 0 Å². The quantitative estimate of drug-likeness (QED) is 0.516. The number of nitrogens with one attached hydrogen (secondary N) is 1. The number of benzene rings is 2. The van der Waals surface area contributed by atoms with Crippen LogP contribution in [0.3, 0.4) is 0 Å². The molecule has 0 unspecified atom stereocenters. The van der Waals surface area contributed by atoms with Crippen LogP contribution in [0.15, 0.2) is 54.6 Å². The van der Waals surface area contributed by atoms with E-state index in [1.54, 1.807) is 6.07 Å². The highest BCUT2D eigenvalue weighted by atomic mass is 16.2. The molecule has 0 spiro atoms. The second kappa shape index (κ2) is 9.34. The molecule has 5 heteroatoms. The van der Waals surface area contributed by atoms with Gasteiger partial charge in [-0.2, -0.15) is 0 Å². The van der Waals surface area contributed by atoms with Crippen molar-refractivity contribution in [2.24, 2.45) is 5.92 Å². The lowest BCUT2D eigenvalue weighted by atomic mass is 9.91. The number of rotatable bonds is 6. The highest BCUT2D eigenvalue weighted by Crippen LogP contribution is 2.38. The SMILES string of the molecule is Cc1cccc(C)c1NC(=O)C1(N(CC(C)C)C(=O)c2ccc3ccccc3n2)CCCC1. The van der Waals surface area contributed by atoms with Crippen molar-refractivity contribution in [3.63, 3.8) is 0 Å². The average Bonchev–Trinajstić information content (AvgIpc) is 3.30. The molecule has 1 heterocycles. The van der Waals surface area contributed by atoms with Crippen LogP contribution in [0, 0.1) is 19.8 Å². The molecule has 0 aliphatic heterocycles. The molecule has 4 rings (SSSR count). The number of aryl methyl sites for hydroxylation is 2. The first-order valence-corrected chi connectivity index (χ1v) is 11.9. The predicted molar refractivity (Wildman–Crippen MR) is 133 cm³/mol. The fourth-order valence-electron chi connectivity index (χ4n) is 4.96. The summed E-state index contributed by atoms with van der Waals surface area (Å²) in [7, 11) is 0. The van der Waals surface area contributed by atoms with Crippen molar-refractivity contribution >= 4 is 28.4 Å². The summed E-state index contributed by atoms with van der Waals surface area (Å²) in [4.78, 5) is 34.2. The first-order chi connectivity index (χ1) is 15.8. The smallest absolute Gasteiger partial charge is 0.273 e. The third kappa shape index (κ3) is 4.50. The normalized spacial score (nSPS) is 15.1. The number of nitrogens with zero attached hydrogens (tertiary/aromatic N) is 2. The van der Waals surface area contributed by atoms with Crippen LogP contribution in [0.5, 0.6) is 0 Å². The zero-order chi connectivity index (χ0) is 23.6. The molecule has 0 bridgehead atoms. The average molecular weight is 444 g/mol. The van der Waals surface area contributed by atoms with E-state index in [4.69, 9.17) is 0 Å². The Bertz CT molecular complexity index is 1160. The minimum atomic E-state index is -0.872. The Balaban J connectivity index is 1.73. The van der Waals surface area contributed by atoms with Gasteiger partial charge in [-0.25, -0.2) is 4.98 Å². The van der Waals surface area contributed by atoms with Gasteiger partial charge < -0.3 is 10.2 Å². The van der Waals surface area contributed by atoms with Crippen molar-refractivity contribution in [1.82, 2.24) is 9.88 Å². The lowest BCUT2D eigenvalue weighted by Crippen LogP contribution is -2.58. The molecule has 5 nitrogen and oxygen atoms in total. The number of hydrogen-bond acceptors (Lipinski definition) is 3. The summed E-state index contributed by atoms with van der Waals surface area (Å²) in [5, 5.41) is 4.19. The highest BCUT2D eigenvalue weighted by molar-refractivity contribution is 6.04. The molecule has 0 radical (unpaired) electrons. The van der Waals surface area contributed by atoms with Crippen LogP contribution in [0.1, 0.15) is 61.1 Å². The first kappa shape index (κ1) is 23.0. The standard InChI is InChI=1S/C28H33N3O2/c1-19(2)18-31(26(32)24-15-14-22-12-5-6-13-23(22)29-24)28(16-7-8-17-28)27(33)30-25-20(3)10-9-11-21(25)4/h5-6,9-15,19H,7-8,16-18H2,1-4H3,(H,30,33). The van der Waals surface area contributed by atoms with Gasteiger partial charge in [0.15, 0.2) is 0 Å². The number of para-hydroxylation sites is 2. The minimum absolute atomic E-state index is 0.0906. The Labute approximate surface area is 196 Å². The lowest BCUT2D eigenvalue weighted by Gasteiger charge is -2.41. The van der Waals surface area contributed by atoms with Crippen LogP contribution < -0.4 is 5.32 Å². The monoisotopic (exact) mass is 443 g/mol. The fourth-order valence-corrected chi connectivity index (χ4v) is 4.96. The topological polar surface area (TPSA) is 62.3 Å². The summed E-state index contributed by atoms with van der Waals surface area (Å²) < 4.78 is 0. The van der Waals surface area contributed by atoms with Crippen LogP contribution in [-0.2, 0) is 4.79 Å². The van der Waals surface area contributed by atoms with E-state index in [1.165, 1.54) is 0 Å². The number of carbonyl (C=O) groups is 2. The Morgan fingerprint density at radius 3 is 2.30 bits per heavy atom. The third-order valence-electron chi connectivity index (χ3n) is 6.70. The number of amides is 2. The van der Waals surface area contributed by atoms with Gasteiger partial charge in [-0.05, 0) is 55.9 Å². The van der Waals surface area contributed by atoms with Gasteiger partial charge in [-0.3, -0.25) is 9.59 Å². The van der Waals surface area contributed by atoms with E-state index in [0.29, 0.717) is 25.1 Å². The second-order valence-electron chi connectivity index (χ2n) is 9.66. The number of aromatic nitrogens is 1. The zero-order valence-electron chi connectivity index (χ0n) is 20.0. The van der Waals surface area contributed by atoms with Crippen LogP contribution in [-0.4, -0.2) is 33.8 Å². The Morgan fingerprint density at radius 1 is 0.970 bits per heavy atom. The van der Waals surface area contributed by atoms with Gasteiger partial charge in [0, 0.05) is 17.6 Å². The first-order valence-electron chi connectivity index (χ1n) is 11.9. The summed E-state index contributed by atoms with van der Waals surface area (Å²) in [6, 6.07) is 17.5. The Hall–Kier alpha value is -3.21. The van der Waals surface area contributed by atoms with Crippen LogP contribution >= 0.6 is 0 Å². The molecule has 33 heavy (non-hydrogen) atoms. The third-order valence-corrected chi connectivity index (χ3v) is 6.70.